The SMILES string of the molecule is CCCCCCC(C)OCC(C)NC. The van der Waals surface area contributed by atoms with Gasteiger partial charge in [-0.25, -0.2) is 0 Å². The van der Waals surface area contributed by atoms with E-state index in [0.29, 0.717) is 12.1 Å². The van der Waals surface area contributed by atoms with Crippen molar-refractivity contribution in [2.75, 3.05) is 13.7 Å². The highest BCUT2D eigenvalue weighted by Gasteiger charge is 2.04. The van der Waals surface area contributed by atoms with Gasteiger partial charge in [0.1, 0.15) is 0 Å². The van der Waals surface area contributed by atoms with E-state index in [9.17, 15) is 0 Å². The molecule has 0 aromatic carbocycles. The Kier molecular flexibility index (Phi) is 9.42. The van der Waals surface area contributed by atoms with Gasteiger partial charge in [0.25, 0.3) is 0 Å². The number of likely N-dealkylation sites (N-methyl/N-ethyl adjacent to an activating group) is 1. The first-order valence-corrected chi connectivity index (χ1v) is 5.99. The largest absolute Gasteiger partial charge is 0.377 e. The molecule has 0 radical (unpaired) electrons. The molecule has 0 aliphatic heterocycles. The Bertz CT molecular complexity index is 117. The minimum Gasteiger partial charge on any atom is -0.377 e. The summed E-state index contributed by atoms with van der Waals surface area (Å²) in [6.07, 6.45) is 6.96. The fourth-order valence-electron chi connectivity index (χ4n) is 1.33. The van der Waals surface area contributed by atoms with Crippen LogP contribution in [0.4, 0.5) is 0 Å². The van der Waals surface area contributed by atoms with Gasteiger partial charge < -0.3 is 10.1 Å². The van der Waals surface area contributed by atoms with Crippen LogP contribution >= 0.6 is 0 Å². The minimum atomic E-state index is 0.419. The summed E-state index contributed by atoms with van der Waals surface area (Å²) in [4.78, 5) is 0. The van der Waals surface area contributed by atoms with Crippen molar-refractivity contribution < 1.29 is 4.74 Å². The van der Waals surface area contributed by atoms with Gasteiger partial charge >= 0.3 is 0 Å². The third-order valence-electron chi connectivity index (χ3n) is 2.59. The van der Waals surface area contributed by atoms with Crippen molar-refractivity contribution in [2.45, 2.75) is 65.0 Å². The van der Waals surface area contributed by atoms with Crippen LogP contribution in [0.3, 0.4) is 0 Å². The summed E-state index contributed by atoms with van der Waals surface area (Å²) in [7, 11) is 1.97. The van der Waals surface area contributed by atoms with Crippen molar-refractivity contribution in [3.8, 4) is 0 Å². The molecule has 2 unspecified atom stereocenters. The van der Waals surface area contributed by atoms with Crippen molar-refractivity contribution in [3.05, 3.63) is 0 Å². The lowest BCUT2D eigenvalue weighted by molar-refractivity contribution is 0.0472. The summed E-state index contributed by atoms with van der Waals surface area (Å²) < 4.78 is 5.71. The lowest BCUT2D eigenvalue weighted by Gasteiger charge is -2.16. The highest BCUT2D eigenvalue weighted by molar-refractivity contribution is 4.57. The quantitative estimate of drug-likeness (QED) is 0.579. The van der Waals surface area contributed by atoms with E-state index in [4.69, 9.17) is 4.74 Å². The molecule has 0 heterocycles. The normalized spacial score (nSPS) is 15.4. The average molecular weight is 201 g/mol. The summed E-state index contributed by atoms with van der Waals surface area (Å²) in [6, 6.07) is 0.466. The summed E-state index contributed by atoms with van der Waals surface area (Å²) in [5, 5.41) is 3.17. The van der Waals surface area contributed by atoms with E-state index in [2.05, 4.69) is 26.1 Å². The Morgan fingerprint density at radius 1 is 1.14 bits per heavy atom. The number of hydrogen-bond donors (Lipinski definition) is 1. The van der Waals surface area contributed by atoms with Crippen LogP contribution in [0, 0.1) is 0 Å². The minimum absolute atomic E-state index is 0.419. The Labute approximate surface area is 89.4 Å². The molecule has 0 bridgehead atoms. The lowest BCUT2D eigenvalue weighted by atomic mass is 10.1. The zero-order chi connectivity index (χ0) is 10.8. The van der Waals surface area contributed by atoms with Gasteiger partial charge in [-0.1, -0.05) is 32.6 Å². The second kappa shape index (κ2) is 9.47. The maximum Gasteiger partial charge on any atom is 0.0620 e. The Morgan fingerprint density at radius 3 is 2.43 bits per heavy atom. The maximum absolute atomic E-state index is 5.71. The Hall–Kier alpha value is -0.0800. The molecule has 0 aromatic rings. The van der Waals surface area contributed by atoms with Gasteiger partial charge in [-0.3, -0.25) is 0 Å². The highest BCUT2D eigenvalue weighted by Crippen LogP contribution is 2.07. The fraction of sp³-hybridized carbons (Fsp3) is 1.00. The molecule has 14 heavy (non-hydrogen) atoms. The number of hydrogen-bond acceptors (Lipinski definition) is 2. The fourth-order valence-corrected chi connectivity index (χ4v) is 1.33. The van der Waals surface area contributed by atoms with Crippen LogP contribution in [0.5, 0.6) is 0 Å². The smallest absolute Gasteiger partial charge is 0.0620 e. The van der Waals surface area contributed by atoms with E-state index in [0.717, 1.165) is 6.61 Å². The van der Waals surface area contributed by atoms with Gasteiger partial charge in [0.2, 0.25) is 0 Å². The molecule has 0 aliphatic rings. The van der Waals surface area contributed by atoms with Crippen molar-refractivity contribution in [1.29, 1.82) is 0 Å². The van der Waals surface area contributed by atoms with E-state index in [1.54, 1.807) is 0 Å². The van der Waals surface area contributed by atoms with Gasteiger partial charge in [0.05, 0.1) is 12.7 Å². The molecule has 2 atom stereocenters. The van der Waals surface area contributed by atoms with Crippen LogP contribution in [0.25, 0.3) is 0 Å². The van der Waals surface area contributed by atoms with Crippen LogP contribution < -0.4 is 5.32 Å². The molecular formula is C12H27NO. The van der Waals surface area contributed by atoms with E-state index >= 15 is 0 Å². The number of unbranched alkanes of at least 4 members (excludes halogenated alkanes) is 3. The average Bonchev–Trinajstić information content (AvgIpc) is 2.21. The third-order valence-corrected chi connectivity index (χ3v) is 2.59. The van der Waals surface area contributed by atoms with Crippen molar-refractivity contribution >= 4 is 0 Å². The zero-order valence-electron chi connectivity index (χ0n) is 10.3. The molecule has 0 aliphatic carbocycles. The van der Waals surface area contributed by atoms with Crippen LogP contribution in [0.2, 0.25) is 0 Å². The summed E-state index contributed by atoms with van der Waals surface area (Å²) in [6.45, 7) is 7.39. The molecule has 0 amide bonds. The predicted octanol–water partition coefficient (Wildman–Crippen LogP) is 2.97. The van der Waals surface area contributed by atoms with Crippen molar-refractivity contribution in [2.24, 2.45) is 0 Å². The van der Waals surface area contributed by atoms with Crippen molar-refractivity contribution in [1.82, 2.24) is 5.32 Å². The molecule has 86 valence electrons. The highest BCUT2D eigenvalue weighted by atomic mass is 16.5. The van der Waals surface area contributed by atoms with E-state index in [1.165, 1.54) is 32.1 Å². The first-order valence-electron chi connectivity index (χ1n) is 5.99. The molecule has 2 nitrogen and oxygen atoms in total. The molecule has 0 saturated carbocycles. The first kappa shape index (κ1) is 13.9. The third kappa shape index (κ3) is 8.52. The van der Waals surface area contributed by atoms with Gasteiger partial charge in [-0.05, 0) is 27.3 Å². The Morgan fingerprint density at radius 2 is 1.86 bits per heavy atom. The molecule has 0 rings (SSSR count). The summed E-state index contributed by atoms with van der Waals surface area (Å²) in [5.74, 6) is 0. The number of ether oxygens (including phenoxy) is 1. The van der Waals surface area contributed by atoms with Crippen molar-refractivity contribution in [3.63, 3.8) is 0 Å². The molecule has 0 saturated heterocycles. The standard InChI is InChI=1S/C12H27NO/c1-5-6-7-8-9-12(3)14-10-11(2)13-4/h11-13H,5-10H2,1-4H3. The van der Waals surface area contributed by atoms with Crippen LogP contribution in [0.15, 0.2) is 0 Å². The lowest BCUT2D eigenvalue weighted by Crippen LogP contribution is -2.28. The zero-order valence-corrected chi connectivity index (χ0v) is 10.3. The molecule has 0 spiro atoms. The summed E-state index contributed by atoms with van der Waals surface area (Å²) >= 11 is 0. The first-order chi connectivity index (χ1) is 6.70. The van der Waals surface area contributed by atoms with Gasteiger partial charge in [0.15, 0.2) is 0 Å². The number of nitrogens with one attached hydrogen (secondary N) is 1. The van der Waals surface area contributed by atoms with Crippen LogP contribution in [0.1, 0.15) is 52.9 Å². The van der Waals surface area contributed by atoms with E-state index in [1.807, 2.05) is 7.05 Å². The number of rotatable bonds is 9. The van der Waals surface area contributed by atoms with E-state index in [-0.39, 0.29) is 0 Å². The van der Waals surface area contributed by atoms with Crippen LogP contribution in [-0.4, -0.2) is 25.8 Å². The topological polar surface area (TPSA) is 21.3 Å². The second-order valence-corrected chi connectivity index (χ2v) is 4.18. The molecule has 0 aromatic heterocycles. The van der Waals surface area contributed by atoms with Gasteiger partial charge in [0, 0.05) is 6.04 Å². The summed E-state index contributed by atoms with van der Waals surface area (Å²) in [5.41, 5.74) is 0. The molecule has 0 fully saturated rings. The maximum atomic E-state index is 5.71. The predicted molar refractivity (Wildman–Crippen MR) is 62.7 cm³/mol. The van der Waals surface area contributed by atoms with Gasteiger partial charge in [-0.2, -0.15) is 0 Å². The molecule has 1 N–H and O–H groups in total. The van der Waals surface area contributed by atoms with E-state index < -0.39 is 0 Å². The molecular weight excluding hydrogens is 174 g/mol. The Balaban J connectivity index is 3.23. The monoisotopic (exact) mass is 201 g/mol. The van der Waals surface area contributed by atoms with Gasteiger partial charge in [-0.15, -0.1) is 0 Å². The molecule has 2 heteroatoms. The van der Waals surface area contributed by atoms with Crippen LogP contribution in [-0.2, 0) is 4.74 Å². The second-order valence-electron chi connectivity index (χ2n) is 4.18.